The van der Waals surface area contributed by atoms with Crippen LogP contribution in [0, 0.1) is 0 Å². The standard InChI is InChI=1S/C13H18N2O4S/c16-6-4-10(12(17)18)15-13(19)14-9-2-1-3-11-8(9)5-7-20-11/h5,7,9-10,16H,1-4,6H2,(H,17,18)(H2,14,15,19). The first-order valence-corrected chi connectivity index (χ1v) is 7.46. The predicted molar refractivity (Wildman–Crippen MR) is 74.8 cm³/mol. The monoisotopic (exact) mass is 298 g/mol. The number of carboxylic acids is 1. The van der Waals surface area contributed by atoms with Gasteiger partial charge in [-0.3, -0.25) is 0 Å². The fourth-order valence-electron chi connectivity index (χ4n) is 2.38. The van der Waals surface area contributed by atoms with Crippen molar-refractivity contribution >= 4 is 23.3 Å². The first-order valence-electron chi connectivity index (χ1n) is 6.58. The van der Waals surface area contributed by atoms with E-state index in [0.717, 1.165) is 24.8 Å². The minimum Gasteiger partial charge on any atom is -0.480 e. The Morgan fingerprint density at radius 3 is 3.00 bits per heavy atom. The van der Waals surface area contributed by atoms with Gasteiger partial charge in [-0.2, -0.15) is 0 Å². The van der Waals surface area contributed by atoms with Gasteiger partial charge in [-0.1, -0.05) is 0 Å². The minimum absolute atomic E-state index is 0.00286. The van der Waals surface area contributed by atoms with E-state index in [-0.39, 0.29) is 19.1 Å². The third-order valence-corrected chi connectivity index (χ3v) is 4.37. The van der Waals surface area contributed by atoms with Crippen molar-refractivity contribution < 1.29 is 19.8 Å². The number of hydrogen-bond acceptors (Lipinski definition) is 4. The van der Waals surface area contributed by atoms with Gasteiger partial charge in [-0.05, 0) is 36.3 Å². The second kappa shape index (κ2) is 6.71. The number of aliphatic carboxylic acids is 1. The Hall–Kier alpha value is -1.60. The number of aliphatic hydroxyl groups excluding tert-OH is 1. The molecule has 1 aliphatic carbocycles. The highest BCUT2D eigenvalue weighted by Crippen LogP contribution is 2.33. The summed E-state index contributed by atoms with van der Waals surface area (Å²) in [7, 11) is 0. The van der Waals surface area contributed by atoms with Gasteiger partial charge in [0, 0.05) is 17.9 Å². The smallest absolute Gasteiger partial charge is 0.326 e. The van der Waals surface area contributed by atoms with Crippen LogP contribution in [0.3, 0.4) is 0 Å². The zero-order valence-corrected chi connectivity index (χ0v) is 11.8. The van der Waals surface area contributed by atoms with Crippen molar-refractivity contribution in [2.24, 2.45) is 0 Å². The summed E-state index contributed by atoms with van der Waals surface area (Å²) in [5.41, 5.74) is 1.13. The summed E-state index contributed by atoms with van der Waals surface area (Å²) < 4.78 is 0. The van der Waals surface area contributed by atoms with Crippen LogP contribution >= 0.6 is 11.3 Å². The number of nitrogens with one attached hydrogen (secondary N) is 2. The van der Waals surface area contributed by atoms with Crippen LogP contribution in [0.4, 0.5) is 4.79 Å². The van der Waals surface area contributed by atoms with Crippen molar-refractivity contribution in [3.63, 3.8) is 0 Å². The van der Waals surface area contributed by atoms with Gasteiger partial charge in [0.2, 0.25) is 0 Å². The molecule has 4 N–H and O–H groups in total. The van der Waals surface area contributed by atoms with Crippen LogP contribution in [0.2, 0.25) is 0 Å². The lowest BCUT2D eigenvalue weighted by atomic mass is 9.94. The Morgan fingerprint density at radius 2 is 2.30 bits per heavy atom. The van der Waals surface area contributed by atoms with Gasteiger partial charge in [0.1, 0.15) is 6.04 Å². The highest BCUT2D eigenvalue weighted by molar-refractivity contribution is 7.10. The molecule has 1 heterocycles. The van der Waals surface area contributed by atoms with Crippen LogP contribution in [0.15, 0.2) is 11.4 Å². The van der Waals surface area contributed by atoms with Crippen molar-refractivity contribution in [1.82, 2.24) is 10.6 Å². The third kappa shape index (κ3) is 3.49. The molecule has 2 amide bonds. The summed E-state index contributed by atoms with van der Waals surface area (Å²) in [6.45, 7) is -0.282. The van der Waals surface area contributed by atoms with Crippen molar-refractivity contribution in [3.05, 3.63) is 21.9 Å². The maximum atomic E-state index is 11.9. The van der Waals surface area contributed by atoms with Crippen molar-refractivity contribution in [1.29, 1.82) is 0 Å². The van der Waals surface area contributed by atoms with Gasteiger partial charge in [-0.25, -0.2) is 9.59 Å². The summed E-state index contributed by atoms with van der Waals surface area (Å²) in [5.74, 6) is -1.14. The number of hydrogen-bond donors (Lipinski definition) is 4. The van der Waals surface area contributed by atoms with E-state index in [2.05, 4.69) is 10.6 Å². The topological polar surface area (TPSA) is 98.7 Å². The maximum absolute atomic E-state index is 11.9. The second-order valence-electron chi connectivity index (χ2n) is 4.76. The molecule has 2 rings (SSSR count). The second-order valence-corrected chi connectivity index (χ2v) is 5.77. The Labute approximate surface area is 120 Å². The summed E-state index contributed by atoms with van der Waals surface area (Å²) >= 11 is 1.68. The normalized spacial score (nSPS) is 18.9. The molecule has 6 nitrogen and oxygen atoms in total. The van der Waals surface area contributed by atoms with Crippen LogP contribution in [0.1, 0.15) is 35.7 Å². The summed E-state index contributed by atoms with van der Waals surface area (Å²) in [4.78, 5) is 24.1. The first-order chi connectivity index (χ1) is 9.61. The number of fused-ring (bicyclic) bond motifs is 1. The molecule has 0 saturated heterocycles. The van der Waals surface area contributed by atoms with E-state index in [4.69, 9.17) is 10.2 Å². The maximum Gasteiger partial charge on any atom is 0.326 e. The Balaban J connectivity index is 1.94. The van der Waals surface area contributed by atoms with Gasteiger partial charge in [0.15, 0.2) is 0 Å². The quantitative estimate of drug-likeness (QED) is 0.657. The van der Waals surface area contributed by atoms with E-state index in [0.29, 0.717) is 0 Å². The number of thiophene rings is 1. The fraction of sp³-hybridized carbons (Fsp3) is 0.538. The molecule has 1 aromatic rings. The number of aliphatic hydroxyl groups is 1. The lowest BCUT2D eigenvalue weighted by Gasteiger charge is -2.24. The molecule has 2 unspecified atom stereocenters. The van der Waals surface area contributed by atoms with E-state index < -0.39 is 18.0 Å². The van der Waals surface area contributed by atoms with Gasteiger partial charge < -0.3 is 20.8 Å². The average molecular weight is 298 g/mol. The molecule has 110 valence electrons. The lowest BCUT2D eigenvalue weighted by molar-refractivity contribution is -0.139. The molecule has 0 saturated carbocycles. The molecular weight excluding hydrogens is 280 g/mol. The van der Waals surface area contributed by atoms with Gasteiger partial charge >= 0.3 is 12.0 Å². The minimum atomic E-state index is -1.14. The first kappa shape index (κ1) is 14.8. The number of carboxylic acid groups (broad SMARTS) is 1. The van der Waals surface area contributed by atoms with Gasteiger partial charge in [0.25, 0.3) is 0 Å². The molecule has 2 atom stereocenters. The molecule has 0 aliphatic heterocycles. The van der Waals surface area contributed by atoms with E-state index in [1.165, 1.54) is 4.88 Å². The van der Waals surface area contributed by atoms with Gasteiger partial charge in [-0.15, -0.1) is 11.3 Å². The average Bonchev–Trinajstić information content (AvgIpc) is 2.87. The third-order valence-electron chi connectivity index (χ3n) is 3.38. The van der Waals surface area contributed by atoms with Crippen LogP contribution < -0.4 is 10.6 Å². The van der Waals surface area contributed by atoms with Gasteiger partial charge in [0.05, 0.1) is 6.04 Å². The van der Waals surface area contributed by atoms with E-state index in [9.17, 15) is 9.59 Å². The Bertz CT molecular complexity index is 488. The molecule has 7 heteroatoms. The number of carbonyl (C=O) groups is 2. The predicted octanol–water partition coefficient (Wildman–Crippen LogP) is 1.26. The fourth-order valence-corrected chi connectivity index (χ4v) is 3.37. The number of aryl methyl sites for hydroxylation is 1. The van der Waals surface area contributed by atoms with Crippen LogP contribution in [0.5, 0.6) is 0 Å². The van der Waals surface area contributed by atoms with Crippen molar-refractivity contribution in [3.8, 4) is 0 Å². The van der Waals surface area contributed by atoms with E-state index >= 15 is 0 Å². The van der Waals surface area contributed by atoms with Crippen LogP contribution in [-0.2, 0) is 11.2 Å². The number of amides is 2. The summed E-state index contributed by atoms with van der Waals surface area (Å²) in [6.07, 6.45) is 2.90. The van der Waals surface area contributed by atoms with Crippen LogP contribution in [0.25, 0.3) is 0 Å². The largest absolute Gasteiger partial charge is 0.480 e. The van der Waals surface area contributed by atoms with Crippen LogP contribution in [-0.4, -0.2) is 34.9 Å². The van der Waals surface area contributed by atoms with Crippen molar-refractivity contribution in [2.45, 2.75) is 37.8 Å². The zero-order valence-electron chi connectivity index (χ0n) is 11.0. The molecule has 0 fully saturated rings. The Kier molecular flexibility index (Phi) is 4.97. The highest BCUT2D eigenvalue weighted by atomic mass is 32.1. The molecule has 0 radical (unpaired) electrons. The molecule has 0 bridgehead atoms. The summed E-state index contributed by atoms with van der Waals surface area (Å²) in [5, 5.41) is 24.9. The number of carbonyl (C=O) groups excluding carboxylic acids is 1. The molecule has 1 aliphatic rings. The SMILES string of the molecule is O=C(NC(CCO)C(=O)O)NC1CCCc2sccc21. The molecule has 1 aromatic heterocycles. The summed E-state index contributed by atoms with van der Waals surface area (Å²) in [6, 6.07) is 0.376. The van der Waals surface area contributed by atoms with Crippen molar-refractivity contribution in [2.75, 3.05) is 6.61 Å². The molecule has 0 aromatic carbocycles. The highest BCUT2D eigenvalue weighted by Gasteiger charge is 2.25. The zero-order chi connectivity index (χ0) is 14.5. The van der Waals surface area contributed by atoms with E-state index in [1.807, 2.05) is 11.4 Å². The Morgan fingerprint density at radius 1 is 1.50 bits per heavy atom. The number of urea groups is 1. The lowest BCUT2D eigenvalue weighted by Crippen LogP contribution is -2.47. The number of rotatable bonds is 5. The molecular formula is C13H18N2O4S. The molecule has 20 heavy (non-hydrogen) atoms. The molecule has 0 spiro atoms. The van der Waals surface area contributed by atoms with E-state index in [1.54, 1.807) is 11.3 Å².